The molecule has 0 unspecified atom stereocenters. The van der Waals surface area contributed by atoms with Gasteiger partial charge >= 0.3 is 0 Å². The van der Waals surface area contributed by atoms with Crippen LogP contribution in [0.25, 0.3) is 11.0 Å². The van der Waals surface area contributed by atoms with Gasteiger partial charge in [0.25, 0.3) is 0 Å². The van der Waals surface area contributed by atoms with Gasteiger partial charge < -0.3 is 15.3 Å². The van der Waals surface area contributed by atoms with Crippen LogP contribution in [-0.4, -0.2) is 5.11 Å². The zero-order valence-electron chi connectivity index (χ0n) is 7.36. The van der Waals surface area contributed by atoms with E-state index >= 15 is 0 Å². The van der Waals surface area contributed by atoms with Crippen molar-refractivity contribution < 1.29 is 9.52 Å². The third-order valence-corrected chi connectivity index (χ3v) is 2.08. The molecule has 0 spiro atoms. The fourth-order valence-corrected chi connectivity index (χ4v) is 1.35. The van der Waals surface area contributed by atoms with E-state index in [4.69, 9.17) is 15.3 Å². The molecule has 3 N–H and O–H groups in total. The number of para-hydroxylation sites is 1. The highest BCUT2D eigenvalue weighted by Gasteiger charge is 2.09. The van der Waals surface area contributed by atoms with E-state index in [0.717, 1.165) is 0 Å². The number of benzene rings is 1. The average Bonchev–Trinajstić information content (AvgIpc) is 2.18. The fraction of sp³-hybridized carbons (Fsp3) is 0.100. The number of hydrogen-bond donors (Lipinski definition) is 2. The summed E-state index contributed by atoms with van der Waals surface area (Å²) in [4.78, 5) is 11.7. The summed E-state index contributed by atoms with van der Waals surface area (Å²) in [5.41, 5.74) is 5.75. The molecule has 0 aliphatic rings. The molecule has 14 heavy (non-hydrogen) atoms. The number of nitrogen functional groups attached to an aromatic ring is 1. The van der Waals surface area contributed by atoms with Crippen LogP contribution in [0.2, 0.25) is 0 Å². The van der Waals surface area contributed by atoms with Crippen molar-refractivity contribution in [1.82, 2.24) is 0 Å². The lowest BCUT2D eigenvalue weighted by atomic mass is 10.1. The molecule has 72 valence electrons. The minimum absolute atomic E-state index is 0.0174. The zero-order chi connectivity index (χ0) is 10.1. The maximum Gasteiger partial charge on any atom is 0.200 e. The SMILES string of the molecule is Nc1oc2ccccc2c(=O)c1CO. The Morgan fingerprint density at radius 3 is 2.79 bits per heavy atom. The van der Waals surface area contributed by atoms with Crippen LogP contribution in [0.5, 0.6) is 0 Å². The molecule has 0 radical (unpaired) electrons. The first-order chi connectivity index (χ1) is 6.74. The van der Waals surface area contributed by atoms with Gasteiger partial charge in [-0.2, -0.15) is 0 Å². The second-order valence-corrected chi connectivity index (χ2v) is 2.93. The third kappa shape index (κ3) is 1.16. The summed E-state index contributed by atoms with van der Waals surface area (Å²) in [5, 5.41) is 9.35. The number of aliphatic hydroxyl groups is 1. The summed E-state index contributed by atoms with van der Waals surface area (Å²) in [6.07, 6.45) is 0. The smallest absolute Gasteiger partial charge is 0.200 e. The number of anilines is 1. The van der Waals surface area contributed by atoms with Crippen molar-refractivity contribution in [1.29, 1.82) is 0 Å². The van der Waals surface area contributed by atoms with Crippen molar-refractivity contribution >= 4 is 16.9 Å². The summed E-state index contributed by atoms with van der Waals surface area (Å²) in [7, 11) is 0. The lowest BCUT2D eigenvalue weighted by Crippen LogP contribution is -2.12. The number of rotatable bonds is 1. The largest absolute Gasteiger partial charge is 0.440 e. The van der Waals surface area contributed by atoms with Crippen molar-refractivity contribution in [2.45, 2.75) is 6.61 Å². The van der Waals surface area contributed by atoms with Gasteiger partial charge in [0.15, 0.2) is 11.3 Å². The van der Waals surface area contributed by atoms with Crippen molar-refractivity contribution in [2.75, 3.05) is 5.73 Å². The van der Waals surface area contributed by atoms with Crippen LogP contribution in [0.4, 0.5) is 5.88 Å². The van der Waals surface area contributed by atoms with Crippen LogP contribution in [0.1, 0.15) is 5.56 Å². The molecule has 1 aromatic carbocycles. The van der Waals surface area contributed by atoms with E-state index < -0.39 is 6.61 Å². The molecule has 4 heteroatoms. The maximum atomic E-state index is 11.7. The van der Waals surface area contributed by atoms with E-state index in [1.54, 1.807) is 24.3 Å². The molecule has 0 saturated carbocycles. The Bertz CT molecular complexity index is 530. The molecule has 0 fully saturated rings. The molecule has 0 atom stereocenters. The Balaban J connectivity index is 2.93. The first-order valence-corrected chi connectivity index (χ1v) is 4.15. The van der Waals surface area contributed by atoms with Crippen molar-refractivity contribution in [3.8, 4) is 0 Å². The molecule has 2 rings (SSSR count). The summed E-state index contributed by atoms with van der Waals surface area (Å²) in [6.45, 7) is -0.404. The highest BCUT2D eigenvalue weighted by Crippen LogP contribution is 2.16. The van der Waals surface area contributed by atoms with E-state index in [2.05, 4.69) is 0 Å². The van der Waals surface area contributed by atoms with E-state index in [0.29, 0.717) is 11.0 Å². The summed E-state index contributed by atoms with van der Waals surface area (Å²) >= 11 is 0. The van der Waals surface area contributed by atoms with Crippen molar-refractivity contribution in [3.05, 3.63) is 40.1 Å². The molecule has 4 nitrogen and oxygen atoms in total. The lowest BCUT2D eigenvalue weighted by Gasteiger charge is -2.02. The Morgan fingerprint density at radius 1 is 1.36 bits per heavy atom. The standard InChI is InChI=1S/C10H9NO3/c11-10-7(5-12)9(13)6-3-1-2-4-8(6)14-10/h1-4,12H,5,11H2. The highest BCUT2D eigenvalue weighted by atomic mass is 16.3. The molecule has 0 amide bonds. The van der Waals surface area contributed by atoms with Gasteiger partial charge in [0.2, 0.25) is 0 Å². The Labute approximate surface area is 79.6 Å². The van der Waals surface area contributed by atoms with Crippen LogP contribution in [0, 0.1) is 0 Å². The zero-order valence-corrected chi connectivity index (χ0v) is 7.36. The van der Waals surface area contributed by atoms with Gasteiger partial charge in [-0.05, 0) is 12.1 Å². The van der Waals surface area contributed by atoms with E-state index in [9.17, 15) is 4.79 Å². The van der Waals surface area contributed by atoms with Gasteiger partial charge in [-0.25, -0.2) is 0 Å². The molecule has 0 saturated heterocycles. The van der Waals surface area contributed by atoms with E-state index in [1.165, 1.54) is 0 Å². The molecule has 1 heterocycles. The van der Waals surface area contributed by atoms with Gasteiger partial charge in [-0.1, -0.05) is 12.1 Å². The van der Waals surface area contributed by atoms with Gasteiger partial charge in [0.1, 0.15) is 5.58 Å². The molecule has 1 aromatic heterocycles. The minimum atomic E-state index is -0.404. The van der Waals surface area contributed by atoms with Crippen LogP contribution in [0.3, 0.4) is 0 Å². The van der Waals surface area contributed by atoms with Crippen LogP contribution in [0.15, 0.2) is 33.5 Å². The summed E-state index contributed by atoms with van der Waals surface area (Å²) in [6, 6.07) is 6.79. The third-order valence-electron chi connectivity index (χ3n) is 2.08. The second kappa shape index (κ2) is 3.16. The Hall–Kier alpha value is -1.81. The Kier molecular flexibility index (Phi) is 1.98. The first-order valence-electron chi connectivity index (χ1n) is 4.15. The number of aliphatic hydroxyl groups excluding tert-OH is 1. The molecule has 0 aliphatic carbocycles. The van der Waals surface area contributed by atoms with Gasteiger partial charge in [-0.15, -0.1) is 0 Å². The molecular weight excluding hydrogens is 182 g/mol. The van der Waals surface area contributed by atoms with Crippen LogP contribution in [-0.2, 0) is 6.61 Å². The van der Waals surface area contributed by atoms with Gasteiger partial charge in [0.05, 0.1) is 17.6 Å². The van der Waals surface area contributed by atoms with Crippen molar-refractivity contribution in [2.24, 2.45) is 0 Å². The minimum Gasteiger partial charge on any atom is -0.440 e. The van der Waals surface area contributed by atoms with Gasteiger partial charge in [0, 0.05) is 0 Å². The Morgan fingerprint density at radius 2 is 2.07 bits per heavy atom. The number of hydrogen-bond acceptors (Lipinski definition) is 4. The molecular formula is C10H9NO3. The van der Waals surface area contributed by atoms with Gasteiger partial charge in [-0.3, -0.25) is 4.79 Å². The molecule has 2 aromatic rings. The number of fused-ring (bicyclic) bond motifs is 1. The lowest BCUT2D eigenvalue weighted by molar-refractivity contribution is 0.279. The summed E-state index contributed by atoms with van der Waals surface area (Å²) in [5.74, 6) is -0.0174. The predicted molar refractivity (Wildman–Crippen MR) is 52.8 cm³/mol. The quantitative estimate of drug-likeness (QED) is 0.701. The van der Waals surface area contributed by atoms with Crippen LogP contribution < -0.4 is 11.2 Å². The monoisotopic (exact) mass is 191 g/mol. The fourth-order valence-electron chi connectivity index (χ4n) is 1.35. The topological polar surface area (TPSA) is 76.5 Å². The van der Waals surface area contributed by atoms with Crippen molar-refractivity contribution in [3.63, 3.8) is 0 Å². The van der Waals surface area contributed by atoms with E-state index in [1.807, 2.05) is 0 Å². The van der Waals surface area contributed by atoms with Crippen LogP contribution >= 0.6 is 0 Å². The normalized spacial score (nSPS) is 10.6. The predicted octanol–water partition coefficient (Wildman–Crippen LogP) is 0.867. The summed E-state index contributed by atoms with van der Waals surface area (Å²) < 4.78 is 5.18. The molecule has 0 aliphatic heterocycles. The average molecular weight is 191 g/mol. The molecule has 0 bridgehead atoms. The van der Waals surface area contributed by atoms with E-state index in [-0.39, 0.29) is 16.9 Å². The number of nitrogens with two attached hydrogens (primary N) is 1. The second-order valence-electron chi connectivity index (χ2n) is 2.93. The highest BCUT2D eigenvalue weighted by molar-refractivity contribution is 5.78. The first kappa shape index (κ1) is 8.77. The maximum absolute atomic E-state index is 11.7.